The number of benzene rings is 3. The van der Waals surface area contributed by atoms with E-state index >= 15 is 0 Å². The van der Waals surface area contributed by atoms with E-state index in [1.54, 1.807) is 42.3 Å². The molecule has 0 aromatic heterocycles. The molecule has 0 atom stereocenters. The van der Waals surface area contributed by atoms with Gasteiger partial charge in [-0.05, 0) is 76.3 Å². The van der Waals surface area contributed by atoms with Crippen LogP contribution in [-0.4, -0.2) is 28.5 Å². The molecule has 1 N–H and O–H groups in total. The number of hydrogen-bond donors (Lipinski definition) is 1. The highest BCUT2D eigenvalue weighted by Gasteiger charge is 2.55. The summed E-state index contributed by atoms with van der Waals surface area (Å²) in [4.78, 5) is 15.5. The Balaban J connectivity index is 1.52. The van der Waals surface area contributed by atoms with E-state index in [0.717, 1.165) is 41.8 Å². The van der Waals surface area contributed by atoms with Crippen molar-refractivity contribution in [2.24, 2.45) is 0 Å². The van der Waals surface area contributed by atoms with Crippen LogP contribution in [0.1, 0.15) is 30.4 Å². The lowest BCUT2D eigenvalue weighted by Gasteiger charge is -2.37. The summed E-state index contributed by atoms with van der Waals surface area (Å²) in [6, 6.07) is 17.6. The number of para-hydroxylation sites is 1. The zero-order chi connectivity index (χ0) is 24.8. The molecule has 182 valence electrons. The number of amides is 1. The number of rotatable bonds is 7. The standard InChI is InChI=1S/C26H25BrN2O5S/c1-33-19-10-8-17(9-11-19)16-29-24-20(26(25(29)30)12-5-13-26)14-18(15-21(24)27)28-35(31,32)23-7-4-3-6-22(23)34-2/h3-4,6-11,14-15,28H,5,12-13,16H2,1-2H3. The van der Waals surface area contributed by atoms with E-state index < -0.39 is 15.4 Å². The Morgan fingerprint density at radius 2 is 1.74 bits per heavy atom. The number of anilines is 2. The maximum Gasteiger partial charge on any atom is 0.265 e. The molecule has 1 saturated carbocycles. The van der Waals surface area contributed by atoms with Crippen molar-refractivity contribution in [3.8, 4) is 11.5 Å². The van der Waals surface area contributed by atoms with Gasteiger partial charge in [-0.3, -0.25) is 9.52 Å². The Labute approximate surface area is 213 Å². The first-order valence-electron chi connectivity index (χ1n) is 11.2. The molecular formula is C26H25BrN2O5S. The van der Waals surface area contributed by atoms with Gasteiger partial charge in [-0.1, -0.05) is 30.7 Å². The van der Waals surface area contributed by atoms with Gasteiger partial charge in [-0.2, -0.15) is 0 Å². The minimum atomic E-state index is -3.90. The number of nitrogens with one attached hydrogen (secondary N) is 1. The quantitative estimate of drug-likeness (QED) is 0.430. The van der Waals surface area contributed by atoms with Crippen molar-refractivity contribution in [3.63, 3.8) is 0 Å². The molecule has 0 radical (unpaired) electrons. The maximum absolute atomic E-state index is 13.7. The first-order chi connectivity index (χ1) is 16.8. The molecule has 1 fully saturated rings. The molecule has 3 aromatic carbocycles. The summed E-state index contributed by atoms with van der Waals surface area (Å²) in [5, 5.41) is 0. The predicted octanol–water partition coefficient (Wildman–Crippen LogP) is 5.24. The van der Waals surface area contributed by atoms with E-state index in [-0.39, 0.29) is 16.6 Å². The van der Waals surface area contributed by atoms with Crippen LogP contribution in [0.3, 0.4) is 0 Å². The highest BCUT2D eigenvalue weighted by Crippen LogP contribution is 2.56. The van der Waals surface area contributed by atoms with Gasteiger partial charge in [0.15, 0.2) is 0 Å². The Hall–Kier alpha value is -3.04. The molecular weight excluding hydrogens is 532 g/mol. The van der Waals surface area contributed by atoms with Gasteiger partial charge in [0.2, 0.25) is 5.91 Å². The van der Waals surface area contributed by atoms with Gasteiger partial charge in [0.1, 0.15) is 16.4 Å². The van der Waals surface area contributed by atoms with Gasteiger partial charge in [-0.25, -0.2) is 8.42 Å². The molecule has 0 unspecified atom stereocenters. The van der Waals surface area contributed by atoms with Crippen molar-refractivity contribution in [2.45, 2.75) is 36.1 Å². The van der Waals surface area contributed by atoms with Crippen molar-refractivity contribution in [3.05, 3.63) is 76.3 Å². The predicted molar refractivity (Wildman–Crippen MR) is 138 cm³/mol. The van der Waals surface area contributed by atoms with E-state index in [1.165, 1.54) is 13.2 Å². The molecule has 1 aliphatic heterocycles. The van der Waals surface area contributed by atoms with Gasteiger partial charge in [0, 0.05) is 4.47 Å². The number of hydrogen-bond acceptors (Lipinski definition) is 5. The molecule has 1 heterocycles. The van der Waals surface area contributed by atoms with Crippen molar-refractivity contribution in [1.29, 1.82) is 0 Å². The number of ether oxygens (including phenoxy) is 2. The number of methoxy groups -OCH3 is 2. The van der Waals surface area contributed by atoms with E-state index in [2.05, 4.69) is 20.7 Å². The van der Waals surface area contributed by atoms with Crippen LogP contribution < -0.4 is 19.1 Å². The highest BCUT2D eigenvalue weighted by molar-refractivity contribution is 9.10. The molecule has 5 rings (SSSR count). The fraction of sp³-hybridized carbons (Fsp3) is 0.269. The van der Waals surface area contributed by atoms with Gasteiger partial charge < -0.3 is 14.4 Å². The van der Waals surface area contributed by atoms with Gasteiger partial charge in [0.05, 0.1) is 37.6 Å². The lowest BCUT2D eigenvalue weighted by molar-refractivity contribution is -0.126. The monoisotopic (exact) mass is 556 g/mol. The smallest absolute Gasteiger partial charge is 0.265 e. The number of nitrogens with zero attached hydrogens (tertiary/aromatic N) is 1. The van der Waals surface area contributed by atoms with Crippen molar-refractivity contribution in [2.75, 3.05) is 23.8 Å². The second kappa shape index (κ2) is 8.87. The topological polar surface area (TPSA) is 84.9 Å². The van der Waals surface area contributed by atoms with E-state index in [4.69, 9.17) is 9.47 Å². The number of sulfonamides is 1. The van der Waals surface area contributed by atoms with Crippen LogP contribution in [0.15, 0.2) is 70.0 Å². The first-order valence-corrected chi connectivity index (χ1v) is 13.5. The summed E-state index contributed by atoms with van der Waals surface area (Å²) in [7, 11) is -0.853. The number of carbonyl (C=O) groups excluding carboxylic acids is 1. The molecule has 1 spiro atoms. The molecule has 9 heteroatoms. The summed E-state index contributed by atoms with van der Waals surface area (Å²) in [6.45, 7) is 0.419. The van der Waals surface area contributed by atoms with Gasteiger partial charge in [-0.15, -0.1) is 0 Å². The Morgan fingerprint density at radius 3 is 2.37 bits per heavy atom. The van der Waals surface area contributed by atoms with E-state index in [1.807, 2.05) is 24.3 Å². The van der Waals surface area contributed by atoms with Gasteiger partial charge >= 0.3 is 0 Å². The first kappa shape index (κ1) is 23.7. The number of halogens is 1. The van der Waals surface area contributed by atoms with Crippen LogP contribution in [-0.2, 0) is 26.8 Å². The molecule has 3 aromatic rings. The van der Waals surface area contributed by atoms with Crippen molar-refractivity contribution in [1.82, 2.24) is 0 Å². The Bertz CT molecular complexity index is 1400. The fourth-order valence-corrected chi connectivity index (χ4v) is 6.79. The van der Waals surface area contributed by atoms with Crippen molar-refractivity contribution < 1.29 is 22.7 Å². The minimum Gasteiger partial charge on any atom is -0.497 e. The molecule has 35 heavy (non-hydrogen) atoms. The highest BCUT2D eigenvalue weighted by atomic mass is 79.9. The molecule has 7 nitrogen and oxygen atoms in total. The second-order valence-electron chi connectivity index (χ2n) is 8.79. The molecule has 1 amide bonds. The summed E-state index contributed by atoms with van der Waals surface area (Å²) >= 11 is 3.63. The van der Waals surface area contributed by atoms with Gasteiger partial charge in [0.25, 0.3) is 10.0 Å². The largest absolute Gasteiger partial charge is 0.497 e. The fourth-order valence-electron chi connectivity index (χ4n) is 4.90. The third-order valence-corrected chi connectivity index (χ3v) is 8.85. The Kier molecular flexibility index (Phi) is 6.01. The SMILES string of the molecule is COc1ccc(CN2C(=O)C3(CCC3)c3cc(NS(=O)(=O)c4ccccc4OC)cc(Br)c32)cc1. The number of fused-ring (bicyclic) bond motifs is 2. The van der Waals surface area contributed by atoms with E-state index in [0.29, 0.717) is 16.7 Å². The molecule has 1 aliphatic carbocycles. The normalized spacial score (nSPS) is 16.1. The molecule has 0 bridgehead atoms. The van der Waals surface area contributed by atoms with E-state index in [9.17, 15) is 13.2 Å². The van der Waals surface area contributed by atoms with Crippen LogP contribution in [0, 0.1) is 0 Å². The van der Waals surface area contributed by atoms with Crippen LogP contribution >= 0.6 is 15.9 Å². The Morgan fingerprint density at radius 1 is 1.03 bits per heavy atom. The third kappa shape index (κ3) is 3.96. The summed E-state index contributed by atoms with van der Waals surface area (Å²) in [6.07, 6.45) is 2.44. The summed E-state index contributed by atoms with van der Waals surface area (Å²) in [5.74, 6) is 1.07. The van der Waals surface area contributed by atoms with Crippen LogP contribution in [0.2, 0.25) is 0 Å². The molecule has 2 aliphatic rings. The maximum atomic E-state index is 13.7. The average Bonchev–Trinajstić information content (AvgIpc) is 3.07. The second-order valence-corrected chi connectivity index (χ2v) is 11.3. The summed E-state index contributed by atoms with van der Waals surface area (Å²) in [5.41, 5.74) is 2.41. The number of carbonyl (C=O) groups is 1. The molecule has 0 saturated heterocycles. The minimum absolute atomic E-state index is 0.0506. The van der Waals surface area contributed by atoms with Crippen molar-refractivity contribution >= 4 is 43.2 Å². The summed E-state index contributed by atoms with van der Waals surface area (Å²) < 4.78 is 40.2. The zero-order valence-electron chi connectivity index (χ0n) is 19.4. The lowest BCUT2D eigenvalue weighted by Crippen LogP contribution is -2.44. The lowest BCUT2D eigenvalue weighted by atomic mass is 9.65. The van der Waals surface area contributed by atoms with Crippen LogP contribution in [0.25, 0.3) is 0 Å². The average molecular weight is 557 g/mol. The van der Waals surface area contributed by atoms with Crippen LogP contribution in [0.4, 0.5) is 11.4 Å². The zero-order valence-corrected chi connectivity index (χ0v) is 21.8. The van der Waals surface area contributed by atoms with Crippen LogP contribution in [0.5, 0.6) is 11.5 Å². The third-order valence-electron chi connectivity index (χ3n) is 6.82.